The molecule has 0 unspecified atom stereocenters. The normalized spacial score (nSPS) is 11.6. The van der Waals surface area contributed by atoms with Crippen molar-refractivity contribution in [2.45, 2.75) is 40.3 Å². The maximum atomic E-state index is 12.7. The number of carbonyl (C=O) groups excluding carboxylic acids is 1. The van der Waals surface area contributed by atoms with Crippen LogP contribution in [-0.2, 0) is 11.4 Å². The number of carbonyl (C=O) groups is 2. The van der Waals surface area contributed by atoms with E-state index in [2.05, 4.69) is 4.98 Å². The molecule has 0 bridgehead atoms. The highest BCUT2D eigenvalue weighted by Gasteiger charge is 2.26. The molecule has 0 aliphatic carbocycles. The third kappa shape index (κ3) is 5.87. The summed E-state index contributed by atoms with van der Waals surface area (Å²) >= 11 is 0. The number of aryl methyl sites for hydroxylation is 3. The van der Waals surface area contributed by atoms with Crippen molar-refractivity contribution in [1.82, 2.24) is 9.88 Å². The quantitative estimate of drug-likeness (QED) is 0.538. The fourth-order valence-electron chi connectivity index (χ4n) is 3.15. The number of benzene rings is 2. The first-order valence-corrected chi connectivity index (χ1v) is 10.2. The molecule has 3 aromatic rings. The molecule has 0 radical (unpaired) electrons. The van der Waals surface area contributed by atoms with Crippen LogP contribution >= 0.6 is 0 Å². The molecule has 3 rings (SSSR count). The summed E-state index contributed by atoms with van der Waals surface area (Å²) in [5, 5.41) is 9.29. The van der Waals surface area contributed by atoms with E-state index in [0.29, 0.717) is 23.1 Å². The number of rotatable bonds is 8. The molecule has 0 saturated heterocycles. The molecule has 1 aromatic heterocycles. The van der Waals surface area contributed by atoms with Gasteiger partial charge in [-0.25, -0.2) is 9.78 Å². The van der Waals surface area contributed by atoms with Gasteiger partial charge in [0.1, 0.15) is 36.1 Å². The molecule has 1 heterocycles. The number of nitrogens with zero attached hydrogens (tertiary/aromatic N) is 2. The first-order valence-electron chi connectivity index (χ1n) is 10.2. The molecule has 1 atom stereocenters. The van der Waals surface area contributed by atoms with E-state index < -0.39 is 24.6 Å². The molecule has 0 saturated carbocycles. The van der Waals surface area contributed by atoms with Crippen molar-refractivity contribution in [1.29, 1.82) is 0 Å². The first kappa shape index (κ1) is 22.9. The zero-order chi connectivity index (χ0) is 23.3. The van der Waals surface area contributed by atoms with Crippen molar-refractivity contribution in [2.75, 3.05) is 6.54 Å². The molecule has 32 heavy (non-hydrogen) atoms. The molecule has 1 amide bonds. The van der Waals surface area contributed by atoms with Gasteiger partial charge in [0.15, 0.2) is 5.89 Å². The third-order valence-electron chi connectivity index (χ3n) is 4.97. The molecule has 0 fully saturated rings. The van der Waals surface area contributed by atoms with Crippen LogP contribution in [0.2, 0.25) is 0 Å². The minimum absolute atomic E-state index is 0.270. The van der Waals surface area contributed by atoms with Gasteiger partial charge in [0.25, 0.3) is 0 Å². The smallest absolute Gasteiger partial charge is 0.416 e. The van der Waals surface area contributed by atoms with Gasteiger partial charge in [-0.05, 0) is 50.6 Å². The second-order valence-corrected chi connectivity index (χ2v) is 7.47. The molecule has 0 spiro atoms. The van der Waals surface area contributed by atoms with Crippen LogP contribution in [0.3, 0.4) is 0 Å². The van der Waals surface area contributed by atoms with Gasteiger partial charge in [-0.15, -0.1) is 0 Å². The van der Waals surface area contributed by atoms with E-state index in [9.17, 15) is 14.7 Å². The summed E-state index contributed by atoms with van der Waals surface area (Å²) in [5.41, 5.74) is 2.50. The Morgan fingerprint density at radius 2 is 1.66 bits per heavy atom. The van der Waals surface area contributed by atoms with Crippen molar-refractivity contribution >= 4 is 12.1 Å². The Morgan fingerprint density at radius 1 is 1.03 bits per heavy atom. The molecule has 8 heteroatoms. The Balaban J connectivity index is 1.69. The average Bonchev–Trinajstić information content (AvgIpc) is 3.08. The van der Waals surface area contributed by atoms with E-state index in [1.165, 1.54) is 4.90 Å². The van der Waals surface area contributed by atoms with Crippen LogP contribution in [0.25, 0.3) is 0 Å². The summed E-state index contributed by atoms with van der Waals surface area (Å²) in [6.45, 7) is 7.05. The van der Waals surface area contributed by atoms with E-state index in [0.717, 1.165) is 16.8 Å². The molecule has 2 aromatic carbocycles. The van der Waals surface area contributed by atoms with E-state index in [1.807, 2.05) is 26.0 Å². The number of oxazole rings is 1. The molecule has 168 valence electrons. The molecule has 8 nitrogen and oxygen atoms in total. The maximum Gasteiger partial charge on any atom is 0.416 e. The predicted molar refractivity (Wildman–Crippen MR) is 117 cm³/mol. The Morgan fingerprint density at radius 3 is 2.22 bits per heavy atom. The van der Waals surface area contributed by atoms with Crippen LogP contribution in [0.15, 0.2) is 52.9 Å². The van der Waals surface area contributed by atoms with Gasteiger partial charge in [0.05, 0.1) is 6.04 Å². The average molecular weight is 438 g/mol. The minimum Gasteiger partial charge on any atom is -0.487 e. The van der Waals surface area contributed by atoms with E-state index >= 15 is 0 Å². The van der Waals surface area contributed by atoms with Crippen molar-refractivity contribution in [3.05, 3.63) is 77.0 Å². The Bertz CT molecular complexity index is 1070. The van der Waals surface area contributed by atoms with Gasteiger partial charge >= 0.3 is 12.1 Å². The molecular formula is C24H26N2O6. The highest BCUT2D eigenvalue weighted by atomic mass is 16.6. The summed E-state index contributed by atoms with van der Waals surface area (Å²) in [7, 11) is 0. The lowest BCUT2D eigenvalue weighted by molar-refractivity contribution is -0.138. The second kappa shape index (κ2) is 10.00. The van der Waals surface area contributed by atoms with Crippen LogP contribution in [0.1, 0.15) is 41.4 Å². The Labute approximate surface area is 186 Å². The largest absolute Gasteiger partial charge is 0.487 e. The lowest BCUT2D eigenvalue weighted by Crippen LogP contribution is -2.39. The zero-order valence-corrected chi connectivity index (χ0v) is 18.5. The molecular weight excluding hydrogens is 412 g/mol. The number of aromatic nitrogens is 1. The van der Waals surface area contributed by atoms with Crippen molar-refractivity contribution in [2.24, 2.45) is 0 Å². The van der Waals surface area contributed by atoms with Gasteiger partial charge in [-0.2, -0.15) is 0 Å². The van der Waals surface area contributed by atoms with E-state index in [4.69, 9.17) is 13.9 Å². The lowest BCUT2D eigenvalue weighted by Gasteiger charge is -2.27. The molecule has 1 N–H and O–H groups in total. The van der Waals surface area contributed by atoms with Crippen LogP contribution in [0, 0.1) is 20.8 Å². The van der Waals surface area contributed by atoms with Crippen LogP contribution < -0.4 is 9.47 Å². The van der Waals surface area contributed by atoms with Crippen molar-refractivity contribution in [3.63, 3.8) is 0 Å². The third-order valence-corrected chi connectivity index (χ3v) is 4.97. The fraction of sp³-hybridized carbons (Fsp3) is 0.292. The Kier molecular flexibility index (Phi) is 7.14. The summed E-state index contributed by atoms with van der Waals surface area (Å²) in [6.07, 6.45) is -0.735. The lowest BCUT2D eigenvalue weighted by atomic mass is 10.1. The summed E-state index contributed by atoms with van der Waals surface area (Å²) in [4.78, 5) is 29.5. The highest BCUT2D eigenvalue weighted by molar-refractivity contribution is 5.78. The second-order valence-electron chi connectivity index (χ2n) is 7.47. The number of hydrogen-bond donors (Lipinski definition) is 1. The van der Waals surface area contributed by atoms with Crippen LogP contribution in [0.4, 0.5) is 4.79 Å². The predicted octanol–water partition coefficient (Wildman–Crippen LogP) is 4.83. The number of hydrogen-bond acceptors (Lipinski definition) is 6. The van der Waals surface area contributed by atoms with Gasteiger partial charge in [-0.3, -0.25) is 9.69 Å². The summed E-state index contributed by atoms with van der Waals surface area (Å²) in [5.74, 6) is 1.14. The minimum atomic E-state index is -1.13. The summed E-state index contributed by atoms with van der Waals surface area (Å²) < 4.78 is 16.5. The topological polar surface area (TPSA) is 102 Å². The number of carboxylic acids is 1. The maximum absolute atomic E-state index is 12.7. The fourth-order valence-corrected chi connectivity index (χ4v) is 3.15. The SMILES string of the molecule is Cc1ccc(OC(=O)N(CC(=O)O)[C@H](C)c2ccc(OCc3nc(C)oc3C)cc2)cc1. The number of carboxylic acid groups (broad SMARTS) is 1. The number of amides is 1. The standard InChI is InChI=1S/C24H26N2O6/c1-15-5-9-21(10-6-15)32-24(29)26(13-23(27)28)16(2)19-7-11-20(12-8-19)30-14-22-17(3)31-18(4)25-22/h5-12,16H,13-14H2,1-4H3,(H,27,28)/t16-/m1/s1. The van der Waals surface area contributed by atoms with E-state index in [-0.39, 0.29) is 6.61 Å². The number of ether oxygens (including phenoxy) is 2. The Hall–Kier alpha value is -3.81. The highest BCUT2D eigenvalue weighted by Crippen LogP contribution is 2.25. The van der Waals surface area contributed by atoms with Gasteiger partial charge < -0.3 is 19.0 Å². The van der Waals surface area contributed by atoms with E-state index in [1.54, 1.807) is 50.2 Å². The monoisotopic (exact) mass is 438 g/mol. The van der Waals surface area contributed by atoms with Gasteiger partial charge in [-0.1, -0.05) is 29.8 Å². The first-order chi connectivity index (χ1) is 15.2. The molecule has 0 aliphatic heterocycles. The number of aliphatic carboxylic acids is 1. The van der Waals surface area contributed by atoms with Crippen LogP contribution in [-0.4, -0.2) is 33.6 Å². The summed E-state index contributed by atoms with van der Waals surface area (Å²) in [6, 6.07) is 13.5. The van der Waals surface area contributed by atoms with Gasteiger partial charge in [0, 0.05) is 6.92 Å². The van der Waals surface area contributed by atoms with Crippen LogP contribution in [0.5, 0.6) is 11.5 Å². The van der Waals surface area contributed by atoms with Crippen molar-refractivity contribution < 1.29 is 28.6 Å². The molecule has 0 aliphatic rings. The zero-order valence-electron chi connectivity index (χ0n) is 18.5. The van der Waals surface area contributed by atoms with Gasteiger partial charge in [0.2, 0.25) is 0 Å². The van der Waals surface area contributed by atoms with Crippen molar-refractivity contribution in [3.8, 4) is 11.5 Å².